The zero-order valence-electron chi connectivity index (χ0n) is 11.4. The molecule has 1 aliphatic heterocycles. The monoisotopic (exact) mass is 311 g/mol. The van der Waals surface area contributed by atoms with Crippen molar-refractivity contribution in [1.82, 2.24) is 19.5 Å². The highest BCUT2D eigenvalue weighted by Gasteiger charge is 2.24. The highest BCUT2D eigenvalue weighted by molar-refractivity contribution is 6.28. The topological polar surface area (TPSA) is 93.4 Å². The van der Waals surface area contributed by atoms with Crippen molar-refractivity contribution in [3.63, 3.8) is 0 Å². The van der Waals surface area contributed by atoms with E-state index in [0.717, 1.165) is 0 Å². The largest absolute Gasteiger partial charge is 0.475 e. The number of imidazole rings is 1. The van der Waals surface area contributed by atoms with E-state index < -0.39 is 5.97 Å². The van der Waals surface area contributed by atoms with Crippen LogP contribution in [-0.4, -0.2) is 56.9 Å². The summed E-state index contributed by atoms with van der Waals surface area (Å²) >= 11 is 5.99. The number of aromatic carboxylic acids is 1. The second kappa shape index (κ2) is 5.45. The number of carboxylic acids is 1. The summed E-state index contributed by atoms with van der Waals surface area (Å²) in [6.45, 7) is 4.76. The number of morpholine rings is 1. The summed E-state index contributed by atoms with van der Waals surface area (Å²) < 4.78 is 6.84. The van der Waals surface area contributed by atoms with Crippen molar-refractivity contribution in [2.45, 2.75) is 13.5 Å². The molecule has 0 amide bonds. The molecule has 0 saturated carbocycles. The Morgan fingerprint density at radius 1 is 1.33 bits per heavy atom. The minimum absolute atomic E-state index is 0.0569. The maximum absolute atomic E-state index is 11.3. The SMILES string of the molecule is CCn1c(C(=O)O)nc2c(N3CCOCC3)nc(Cl)nc21. The lowest BCUT2D eigenvalue weighted by Crippen LogP contribution is -2.37. The highest BCUT2D eigenvalue weighted by Crippen LogP contribution is 2.26. The van der Waals surface area contributed by atoms with E-state index in [-0.39, 0.29) is 11.1 Å². The fourth-order valence-corrected chi connectivity index (χ4v) is 2.58. The predicted octanol–water partition coefficient (Wildman–Crippen LogP) is 1.03. The Bertz CT molecular complexity index is 696. The van der Waals surface area contributed by atoms with E-state index in [9.17, 15) is 9.90 Å². The lowest BCUT2D eigenvalue weighted by molar-refractivity contribution is 0.0679. The number of carbonyl (C=O) groups is 1. The smallest absolute Gasteiger partial charge is 0.372 e. The number of hydrogen-bond acceptors (Lipinski definition) is 6. The van der Waals surface area contributed by atoms with Gasteiger partial charge in [0.25, 0.3) is 0 Å². The van der Waals surface area contributed by atoms with Gasteiger partial charge in [0.15, 0.2) is 17.0 Å². The van der Waals surface area contributed by atoms with Crippen LogP contribution >= 0.6 is 11.6 Å². The minimum atomic E-state index is -1.10. The van der Waals surface area contributed by atoms with Gasteiger partial charge in [0.05, 0.1) is 13.2 Å². The van der Waals surface area contributed by atoms with Gasteiger partial charge in [-0.1, -0.05) is 0 Å². The van der Waals surface area contributed by atoms with Gasteiger partial charge in [-0.2, -0.15) is 9.97 Å². The Labute approximate surface area is 125 Å². The Hall–Kier alpha value is -1.93. The molecule has 3 rings (SSSR count). The first-order valence-electron chi connectivity index (χ1n) is 6.61. The molecule has 0 aromatic carbocycles. The van der Waals surface area contributed by atoms with Gasteiger partial charge in [-0.25, -0.2) is 9.78 Å². The molecule has 0 bridgehead atoms. The van der Waals surface area contributed by atoms with Crippen LogP contribution in [0.4, 0.5) is 5.82 Å². The summed E-state index contributed by atoms with van der Waals surface area (Å²) in [6, 6.07) is 0. The Balaban J connectivity index is 2.22. The van der Waals surface area contributed by atoms with Gasteiger partial charge in [-0.05, 0) is 18.5 Å². The van der Waals surface area contributed by atoms with E-state index >= 15 is 0 Å². The molecule has 0 spiro atoms. The lowest BCUT2D eigenvalue weighted by Gasteiger charge is -2.27. The normalized spacial score (nSPS) is 15.6. The minimum Gasteiger partial charge on any atom is -0.475 e. The van der Waals surface area contributed by atoms with Crippen molar-refractivity contribution in [2.75, 3.05) is 31.2 Å². The first-order chi connectivity index (χ1) is 10.1. The molecule has 0 unspecified atom stereocenters. The number of hydrogen-bond donors (Lipinski definition) is 1. The molecule has 1 fully saturated rings. The fourth-order valence-electron chi connectivity index (χ4n) is 2.42. The third-order valence-corrected chi connectivity index (χ3v) is 3.54. The Morgan fingerprint density at radius 2 is 2.05 bits per heavy atom. The third-order valence-electron chi connectivity index (χ3n) is 3.37. The fraction of sp³-hybridized carbons (Fsp3) is 0.500. The molecule has 0 radical (unpaired) electrons. The number of carboxylic acid groups (broad SMARTS) is 1. The zero-order chi connectivity index (χ0) is 15.0. The van der Waals surface area contributed by atoms with Crippen LogP contribution in [0.5, 0.6) is 0 Å². The molecular formula is C12H14ClN5O3. The molecule has 2 aromatic rings. The first kappa shape index (κ1) is 14.0. The maximum Gasteiger partial charge on any atom is 0.372 e. The number of rotatable bonds is 3. The summed E-state index contributed by atoms with van der Waals surface area (Å²) in [4.78, 5) is 25.9. The zero-order valence-corrected chi connectivity index (χ0v) is 12.2. The Morgan fingerprint density at radius 3 is 2.67 bits per heavy atom. The molecular weight excluding hydrogens is 298 g/mol. The number of halogens is 1. The summed E-state index contributed by atoms with van der Waals surface area (Å²) in [5.41, 5.74) is 0.900. The number of ether oxygens (including phenoxy) is 1. The average molecular weight is 312 g/mol. The molecule has 1 saturated heterocycles. The number of fused-ring (bicyclic) bond motifs is 1. The predicted molar refractivity (Wildman–Crippen MR) is 76.0 cm³/mol. The van der Waals surface area contributed by atoms with Gasteiger partial charge in [0, 0.05) is 19.6 Å². The molecule has 2 aromatic heterocycles. The molecule has 0 atom stereocenters. The average Bonchev–Trinajstić information content (AvgIpc) is 2.85. The van der Waals surface area contributed by atoms with Crippen molar-refractivity contribution in [3.8, 4) is 0 Å². The van der Waals surface area contributed by atoms with Crippen molar-refractivity contribution in [2.24, 2.45) is 0 Å². The van der Waals surface area contributed by atoms with E-state index in [0.29, 0.717) is 49.8 Å². The maximum atomic E-state index is 11.3. The molecule has 1 aliphatic rings. The number of aromatic nitrogens is 4. The quantitative estimate of drug-likeness (QED) is 0.846. The molecule has 0 aliphatic carbocycles. The van der Waals surface area contributed by atoms with Crippen LogP contribution in [0.15, 0.2) is 0 Å². The summed E-state index contributed by atoms with van der Waals surface area (Å²) in [6.07, 6.45) is 0. The standard InChI is InChI=1S/C12H14ClN5O3/c1-2-18-9-7(14-10(18)11(19)20)8(15-12(13)16-9)17-3-5-21-6-4-17/h2-6H2,1H3,(H,19,20). The van der Waals surface area contributed by atoms with Crippen molar-refractivity contribution in [1.29, 1.82) is 0 Å². The van der Waals surface area contributed by atoms with Gasteiger partial charge in [0.2, 0.25) is 11.1 Å². The highest BCUT2D eigenvalue weighted by atomic mass is 35.5. The second-order valence-electron chi connectivity index (χ2n) is 4.57. The molecule has 9 heteroatoms. The van der Waals surface area contributed by atoms with Gasteiger partial charge in [-0.3, -0.25) is 0 Å². The molecule has 3 heterocycles. The van der Waals surface area contributed by atoms with E-state index in [1.807, 2.05) is 11.8 Å². The van der Waals surface area contributed by atoms with Gasteiger partial charge >= 0.3 is 5.97 Å². The number of aryl methyl sites for hydroxylation is 1. The number of anilines is 1. The van der Waals surface area contributed by atoms with Crippen LogP contribution in [0.2, 0.25) is 5.28 Å². The summed E-state index contributed by atoms with van der Waals surface area (Å²) in [5.74, 6) is -0.597. The van der Waals surface area contributed by atoms with Crippen molar-refractivity contribution >= 4 is 34.6 Å². The van der Waals surface area contributed by atoms with E-state index in [1.54, 1.807) is 0 Å². The van der Waals surface area contributed by atoms with E-state index in [2.05, 4.69) is 15.0 Å². The van der Waals surface area contributed by atoms with Crippen LogP contribution in [0.3, 0.4) is 0 Å². The van der Waals surface area contributed by atoms with Crippen LogP contribution in [-0.2, 0) is 11.3 Å². The van der Waals surface area contributed by atoms with Crippen molar-refractivity contribution < 1.29 is 14.6 Å². The second-order valence-corrected chi connectivity index (χ2v) is 4.91. The van der Waals surface area contributed by atoms with Gasteiger partial charge in [0.1, 0.15) is 0 Å². The first-order valence-corrected chi connectivity index (χ1v) is 6.99. The lowest BCUT2D eigenvalue weighted by atomic mass is 10.4. The Kier molecular flexibility index (Phi) is 3.64. The third kappa shape index (κ3) is 2.40. The van der Waals surface area contributed by atoms with Gasteiger partial charge < -0.3 is 19.3 Å². The van der Waals surface area contributed by atoms with Crippen LogP contribution < -0.4 is 4.90 Å². The summed E-state index contributed by atoms with van der Waals surface area (Å²) in [7, 11) is 0. The molecule has 8 nitrogen and oxygen atoms in total. The molecule has 1 N–H and O–H groups in total. The van der Waals surface area contributed by atoms with E-state index in [4.69, 9.17) is 16.3 Å². The van der Waals surface area contributed by atoms with E-state index in [1.165, 1.54) is 4.57 Å². The van der Waals surface area contributed by atoms with Crippen LogP contribution in [0, 0.1) is 0 Å². The van der Waals surface area contributed by atoms with Gasteiger partial charge in [-0.15, -0.1) is 0 Å². The molecule has 112 valence electrons. The van der Waals surface area contributed by atoms with Crippen LogP contribution in [0.1, 0.15) is 17.5 Å². The summed E-state index contributed by atoms with van der Waals surface area (Å²) in [5, 5.41) is 9.35. The van der Waals surface area contributed by atoms with Crippen LogP contribution in [0.25, 0.3) is 11.2 Å². The molecule has 21 heavy (non-hydrogen) atoms. The van der Waals surface area contributed by atoms with Crippen molar-refractivity contribution in [3.05, 3.63) is 11.1 Å². The number of nitrogens with zero attached hydrogens (tertiary/aromatic N) is 5.